The zero-order valence-electron chi connectivity index (χ0n) is 17.4. The van der Waals surface area contributed by atoms with Crippen LogP contribution in [0.2, 0.25) is 0 Å². The Bertz CT molecular complexity index is 1030. The number of hydrogen-bond acceptors (Lipinski definition) is 5. The van der Waals surface area contributed by atoms with Gasteiger partial charge in [-0.3, -0.25) is 14.7 Å². The number of carbonyl (C=O) groups excluding carboxylic acids is 2. The molecule has 1 N–H and O–H groups in total. The van der Waals surface area contributed by atoms with Crippen LogP contribution in [0.25, 0.3) is 0 Å². The molecule has 0 atom stereocenters. The molecule has 2 aromatic heterocycles. The van der Waals surface area contributed by atoms with Gasteiger partial charge in [0.25, 0.3) is 11.8 Å². The Morgan fingerprint density at radius 3 is 2.50 bits per heavy atom. The van der Waals surface area contributed by atoms with Gasteiger partial charge in [0.05, 0.1) is 5.69 Å². The van der Waals surface area contributed by atoms with E-state index in [2.05, 4.69) is 15.4 Å². The molecule has 2 amide bonds. The summed E-state index contributed by atoms with van der Waals surface area (Å²) in [5, 5.41) is 11.1. The molecule has 156 valence electrons. The summed E-state index contributed by atoms with van der Waals surface area (Å²) in [6, 6.07) is 11.3. The number of hydrogen-bond donors (Lipinski definition) is 1. The lowest BCUT2D eigenvalue weighted by Gasteiger charge is -2.31. The van der Waals surface area contributed by atoms with Gasteiger partial charge in [-0.2, -0.15) is 5.10 Å². The number of aromatic nitrogens is 3. The zero-order valence-corrected chi connectivity index (χ0v) is 17.4. The molecule has 0 bridgehead atoms. The van der Waals surface area contributed by atoms with Gasteiger partial charge in [-0.25, -0.2) is 0 Å². The van der Waals surface area contributed by atoms with E-state index in [1.165, 1.54) is 0 Å². The highest BCUT2D eigenvalue weighted by Gasteiger charge is 2.29. The van der Waals surface area contributed by atoms with Crippen LogP contribution in [0.3, 0.4) is 0 Å². The molecule has 4 rings (SSSR count). The van der Waals surface area contributed by atoms with Gasteiger partial charge < -0.3 is 14.3 Å². The van der Waals surface area contributed by atoms with E-state index >= 15 is 0 Å². The molecule has 1 fully saturated rings. The van der Waals surface area contributed by atoms with E-state index in [9.17, 15) is 9.59 Å². The molecule has 3 heterocycles. The molecule has 8 nitrogen and oxygen atoms in total. The van der Waals surface area contributed by atoms with Gasteiger partial charge >= 0.3 is 0 Å². The second kappa shape index (κ2) is 8.14. The second-order valence-corrected chi connectivity index (χ2v) is 7.67. The highest BCUT2D eigenvalue weighted by atomic mass is 16.5. The topological polar surface area (TPSA) is 95.3 Å². The predicted octanol–water partition coefficient (Wildman–Crippen LogP) is 3.31. The number of likely N-dealkylation sites (tertiary alicyclic amines) is 1. The van der Waals surface area contributed by atoms with Gasteiger partial charge in [0.2, 0.25) is 0 Å². The number of rotatable bonds is 4. The number of piperidine rings is 1. The lowest BCUT2D eigenvalue weighted by Crippen LogP contribution is -2.38. The maximum Gasteiger partial charge on any atom is 0.278 e. The van der Waals surface area contributed by atoms with E-state index in [0.717, 1.165) is 24.2 Å². The van der Waals surface area contributed by atoms with Crippen LogP contribution in [-0.4, -0.2) is 52.2 Å². The number of nitrogens with one attached hydrogen (secondary N) is 1. The molecular weight excluding hydrogens is 382 g/mol. The largest absolute Gasteiger partial charge is 0.361 e. The first-order valence-corrected chi connectivity index (χ1v) is 10.1. The van der Waals surface area contributed by atoms with E-state index in [0.29, 0.717) is 35.8 Å². The van der Waals surface area contributed by atoms with Gasteiger partial charge in [0.1, 0.15) is 11.3 Å². The van der Waals surface area contributed by atoms with Crippen LogP contribution in [0, 0.1) is 13.8 Å². The van der Waals surface area contributed by atoms with Crippen LogP contribution < -0.4 is 4.90 Å². The smallest absolute Gasteiger partial charge is 0.278 e. The Hall–Kier alpha value is -3.42. The molecule has 1 aromatic carbocycles. The lowest BCUT2D eigenvalue weighted by atomic mass is 9.93. The minimum absolute atomic E-state index is 0.0327. The fourth-order valence-corrected chi connectivity index (χ4v) is 3.94. The average Bonchev–Trinajstić information content (AvgIpc) is 3.40. The molecule has 1 saturated heterocycles. The first-order chi connectivity index (χ1) is 14.5. The summed E-state index contributed by atoms with van der Waals surface area (Å²) in [5.41, 5.74) is 3.33. The van der Waals surface area contributed by atoms with Crippen molar-refractivity contribution in [1.29, 1.82) is 0 Å². The van der Waals surface area contributed by atoms with Gasteiger partial charge in [-0.15, -0.1) is 0 Å². The lowest BCUT2D eigenvalue weighted by molar-refractivity contribution is 0.0709. The van der Waals surface area contributed by atoms with E-state index < -0.39 is 0 Å². The third-order valence-electron chi connectivity index (χ3n) is 5.73. The van der Waals surface area contributed by atoms with Gasteiger partial charge in [0, 0.05) is 37.4 Å². The van der Waals surface area contributed by atoms with Crippen molar-refractivity contribution in [3.05, 3.63) is 64.8 Å². The van der Waals surface area contributed by atoms with Gasteiger partial charge in [-0.1, -0.05) is 23.4 Å². The molecule has 0 aliphatic carbocycles. The van der Waals surface area contributed by atoms with Crippen molar-refractivity contribution < 1.29 is 14.1 Å². The molecule has 1 aliphatic rings. The van der Waals surface area contributed by atoms with Crippen LogP contribution in [0.15, 0.2) is 40.9 Å². The number of aromatic amines is 1. The Morgan fingerprint density at radius 2 is 1.87 bits per heavy atom. The molecule has 0 unspecified atom stereocenters. The van der Waals surface area contributed by atoms with Crippen LogP contribution in [0.1, 0.15) is 56.8 Å². The number of carbonyl (C=O) groups is 2. The average molecular weight is 407 g/mol. The maximum absolute atomic E-state index is 12.8. The summed E-state index contributed by atoms with van der Waals surface area (Å²) < 4.78 is 5.13. The standard InChI is InChI=1S/C22H25N5O3/c1-14-20(15(2)30-25-14)22(29)27-11-9-16(10-12-27)18-13-19(24-23-18)21(28)26(3)17-7-5-4-6-8-17/h4-8,13,16H,9-12H2,1-3H3,(H,23,24). The molecule has 30 heavy (non-hydrogen) atoms. The Kier molecular flexibility index (Phi) is 5.39. The summed E-state index contributed by atoms with van der Waals surface area (Å²) in [4.78, 5) is 29.0. The van der Waals surface area contributed by atoms with Crippen LogP contribution in [0.4, 0.5) is 5.69 Å². The quantitative estimate of drug-likeness (QED) is 0.716. The summed E-state index contributed by atoms with van der Waals surface area (Å²) in [6.45, 7) is 4.82. The fourth-order valence-electron chi connectivity index (χ4n) is 3.94. The molecule has 0 radical (unpaired) electrons. The van der Waals surface area contributed by atoms with Gasteiger partial charge in [0.15, 0.2) is 5.69 Å². The zero-order chi connectivity index (χ0) is 21.3. The number of H-pyrrole nitrogens is 1. The van der Waals surface area contributed by atoms with E-state index in [1.807, 2.05) is 41.3 Å². The van der Waals surface area contributed by atoms with E-state index in [-0.39, 0.29) is 17.7 Å². The molecular formula is C22H25N5O3. The minimum Gasteiger partial charge on any atom is -0.361 e. The summed E-state index contributed by atoms with van der Waals surface area (Å²) >= 11 is 0. The van der Waals surface area contributed by atoms with Gasteiger partial charge in [-0.05, 0) is 44.9 Å². The Balaban J connectivity index is 1.40. The first kappa shape index (κ1) is 19.9. The maximum atomic E-state index is 12.8. The SMILES string of the molecule is Cc1noc(C)c1C(=O)N1CCC(c2cc(C(=O)N(C)c3ccccc3)n[nH]2)CC1. The van der Waals surface area contributed by atoms with Crippen LogP contribution in [-0.2, 0) is 0 Å². The summed E-state index contributed by atoms with van der Waals surface area (Å²) in [5.74, 6) is 0.595. The number of para-hydroxylation sites is 1. The molecule has 8 heteroatoms. The number of benzene rings is 1. The second-order valence-electron chi connectivity index (χ2n) is 7.67. The molecule has 3 aromatic rings. The van der Waals surface area contributed by atoms with Crippen molar-refractivity contribution in [2.45, 2.75) is 32.6 Å². The number of amides is 2. The van der Waals surface area contributed by atoms with Crippen molar-refractivity contribution in [2.24, 2.45) is 0 Å². The fraction of sp³-hybridized carbons (Fsp3) is 0.364. The summed E-state index contributed by atoms with van der Waals surface area (Å²) in [6.07, 6.45) is 1.61. The van der Waals surface area contributed by atoms with Crippen molar-refractivity contribution in [3.63, 3.8) is 0 Å². The number of nitrogens with zero attached hydrogens (tertiary/aromatic N) is 4. The molecule has 1 aliphatic heterocycles. The van der Waals surface area contributed by atoms with Crippen LogP contribution in [0.5, 0.6) is 0 Å². The minimum atomic E-state index is -0.158. The van der Waals surface area contributed by atoms with Crippen molar-refractivity contribution in [2.75, 3.05) is 25.0 Å². The van der Waals surface area contributed by atoms with Crippen LogP contribution >= 0.6 is 0 Å². The highest BCUT2D eigenvalue weighted by Crippen LogP contribution is 2.29. The van der Waals surface area contributed by atoms with Crippen molar-refractivity contribution >= 4 is 17.5 Å². The van der Waals surface area contributed by atoms with Crippen molar-refractivity contribution in [1.82, 2.24) is 20.3 Å². The first-order valence-electron chi connectivity index (χ1n) is 10.1. The third kappa shape index (κ3) is 3.72. The summed E-state index contributed by atoms with van der Waals surface area (Å²) in [7, 11) is 1.74. The van der Waals surface area contributed by atoms with E-state index in [4.69, 9.17) is 4.52 Å². The predicted molar refractivity (Wildman–Crippen MR) is 112 cm³/mol. The normalized spacial score (nSPS) is 14.7. The highest BCUT2D eigenvalue weighted by molar-refractivity contribution is 6.04. The molecule has 0 saturated carbocycles. The number of anilines is 1. The third-order valence-corrected chi connectivity index (χ3v) is 5.73. The Morgan fingerprint density at radius 1 is 1.17 bits per heavy atom. The molecule has 0 spiro atoms. The Labute approximate surface area is 174 Å². The number of aryl methyl sites for hydroxylation is 2. The van der Waals surface area contributed by atoms with E-state index in [1.54, 1.807) is 25.8 Å². The monoisotopic (exact) mass is 407 g/mol. The van der Waals surface area contributed by atoms with Crippen molar-refractivity contribution in [3.8, 4) is 0 Å².